The van der Waals surface area contributed by atoms with Crippen molar-refractivity contribution in [3.63, 3.8) is 0 Å². The molecule has 0 saturated heterocycles. The SMILES string of the molecule is OC1CCCCN=CC1F. The molecule has 3 heteroatoms. The van der Waals surface area contributed by atoms with Crippen molar-refractivity contribution in [2.75, 3.05) is 6.54 Å². The van der Waals surface area contributed by atoms with Crippen molar-refractivity contribution in [1.29, 1.82) is 0 Å². The zero-order valence-corrected chi connectivity index (χ0v) is 5.83. The van der Waals surface area contributed by atoms with Crippen LogP contribution in [0.2, 0.25) is 0 Å². The number of rotatable bonds is 0. The molecule has 1 rings (SSSR count). The van der Waals surface area contributed by atoms with Crippen LogP contribution in [0.25, 0.3) is 0 Å². The van der Waals surface area contributed by atoms with E-state index in [0.29, 0.717) is 13.0 Å². The summed E-state index contributed by atoms with van der Waals surface area (Å²) in [4.78, 5) is 3.80. The Balaban J connectivity index is 2.44. The Morgan fingerprint density at radius 3 is 3.10 bits per heavy atom. The second-order valence-electron chi connectivity index (χ2n) is 2.56. The van der Waals surface area contributed by atoms with Crippen LogP contribution >= 0.6 is 0 Å². The van der Waals surface area contributed by atoms with Gasteiger partial charge < -0.3 is 5.11 Å². The van der Waals surface area contributed by atoms with E-state index in [9.17, 15) is 4.39 Å². The molecular weight excluding hydrogens is 133 g/mol. The lowest BCUT2D eigenvalue weighted by Gasteiger charge is -2.13. The molecule has 0 aliphatic carbocycles. The fourth-order valence-corrected chi connectivity index (χ4v) is 0.990. The molecule has 2 atom stereocenters. The normalized spacial score (nSPS) is 35.0. The van der Waals surface area contributed by atoms with Crippen LogP contribution in [0.5, 0.6) is 0 Å². The number of aliphatic hydroxyl groups excluding tert-OH is 1. The summed E-state index contributed by atoms with van der Waals surface area (Å²) < 4.78 is 12.6. The smallest absolute Gasteiger partial charge is 0.160 e. The molecule has 0 fully saturated rings. The number of hydrogen-bond acceptors (Lipinski definition) is 2. The van der Waals surface area contributed by atoms with Crippen LogP contribution in [-0.2, 0) is 0 Å². The average Bonchev–Trinajstić information content (AvgIpc) is 1.92. The van der Waals surface area contributed by atoms with Crippen LogP contribution < -0.4 is 0 Å². The number of hydrogen-bond donors (Lipinski definition) is 1. The van der Waals surface area contributed by atoms with Gasteiger partial charge in [0, 0.05) is 12.8 Å². The second kappa shape index (κ2) is 3.66. The maximum absolute atomic E-state index is 12.6. The molecule has 0 bridgehead atoms. The molecule has 0 aromatic rings. The first kappa shape index (κ1) is 7.66. The van der Waals surface area contributed by atoms with Crippen LogP contribution in [0.15, 0.2) is 4.99 Å². The third-order valence-corrected chi connectivity index (χ3v) is 1.65. The van der Waals surface area contributed by atoms with Gasteiger partial charge in [-0.1, -0.05) is 0 Å². The summed E-state index contributed by atoms with van der Waals surface area (Å²) in [5.41, 5.74) is 0. The van der Waals surface area contributed by atoms with Gasteiger partial charge in [0.2, 0.25) is 0 Å². The van der Waals surface area contributed by atoms with Gasteiger partial charge in [0.05, 0.1) is 6.10 Å². The van der Waals surface area contributed by atoms with Gasteiger partial charge in [0.25, 0.3) is 0 Å². The molecule has 0 spiro atoms. The standard InChI is InChI=1S/C7H12FNO/c8-6-5-9-4-2-1-3-7(6)10/h5-7,10H,1-4H2. The Morgan fingerprint density at radius 1 is 1.50 bits per heavy atom. The van der Waals surface area contributed by atoms with E-state index in [0.717, 1.165) is 12.8 Å². The minimum Gasteiger partial charge on any atom is -0.390 e. The van der Waals surface area contributed by atoms with Gasteiger partial charge in [-0.25, -0.2) is 4.39 Å². The number of alkyl halides is 1. The van der Waals surface area contributed by atoms with Crippen molar-refractivity contribution < 1.29 is 9.50 Å². The van der Waals surface area contributed by atoms with Gasteiger partial charge in [-0.3, -0.25) is 4.99 Å². The largest absolute Gasteiger partial charge is 0.390 e. The van der Waals surface area contributed by atoms with Gasteiger partial charge in [0.1, 0.15) is 0 Å². The van der Waals surface area contributed by atoms with E-state index >= 15 is 0 Å². The number of aliphatic hydroxyl groups is 1. The van der Waals surface area contributed by atoms with E-state index in [2.05, 4.69) is 4.99 Å². The van der Waals surface area contributed by atoms with Crippen molar-refractivity contribution in [2.45, 2.75) is 31.5 Å². The van der Waals surface area contributed by atoms with Crippen molar-refractivity contribution in [3.8, 4) is 0 Å². The average molecular weight is 145 g/mol. The minimum atomic E-state index is -1.25. The molecule has 10 heavy (non-hydrogen) atoms. The molecule has 0 aromatic heterocycles. The second-order valence-corrected chi connectivity index (χ2v) is 2.56. The summed E-state index contributed by atoms with van der Waals surface area (Å²) in [5.74, 6) is 0. The highest BCUT2D eigenvalue weighted by molar-refractivity contribution is 5.63. The summed E-state index contributed by atoms with van der Waals surface area (Å²) in [6, 6.07) is 0. The third-order valence-electron chi connectivity index (χ3n) is 1.65. The van der Waals surface area contributed by atoms with Crippen molar-refractivity contribution in [1.82, 2.24) is 0 Å². The highest BCUT2D eigenvalue weighted by Crippen LogP contribution is 2.09. The lowest BCUT2D eigenvalue weighted by Crippen LogP contribution is -2.24. The topological polar surface area (TPSA) is 32.6 Å². The van der Waals surface area contributed by atoms with Crippen LogP contribution in [-0.4, -0.2) is 30.1 Å². The molecular formula is C7H12FNO. The van der Waals surface area contributed by atoms with Crippen molar-refractivity contribution >= 4 is 6.21 Å². The zero-order valence-electron chi connectivity index (χ0n) is 5.83. The predicted octanol–water partition coefficient (Wildman–Crippen LogP) is 0.940. The predicted molar refractivity (Wildman–Crippen MR) is 38.1 cm³/mol. The summed E-state index contributed by atoms with van der Waals surface area (Å²) in [7, 11) is 0. The Kier molecular flexibility index (Phi) is 2.81. The van der Waals surface area contributed by atoms with Gasteiger partial charge in [-0.2, -0.15) is 0 Å². The van der Waals surface area contributed by atoms with Crippen LogP contribution in [0.3, 0.4) is 0 Å². The molecule has 1 aliphatic heterocycles. The van der Waals surface area contributed by atoms with Gasteiger partial charge in [0.15, 0.2) is 6.17 Å². The minimum absolute atomic E-state index is 0.563. The van der Waals surface area contributed by atoms with E-state index in [4.69, 9.17) is 5.11 Å². The lowest BCUT2D eigenvalue weighted by atomic mass is 10.1. The maximum Gasteiger partial charge on any atom is 0.160 e. The van der Waals surface area contributed by atoms with Gasteiger partial charge in [-0.05, 0) is 19.3 Å². The summed E-state index contributed by atoms with van der Waals surface area (Å²) >= 11 is 0. The number of halogens is 1. The molecule has 1 N–H and O–H groups in total. The van der Waals surface area contributed by atoms with Crippen molar-refractivity contribution in [2.24, 2.45) is 4.99 Å². The highest BCUT2D eigenvalue weighted by Gasteiger charge is 2.16. The lowest BCUT2D eigenvalue weighted by molar-refractivity contribution is 0.102. The Morgan fingerprint density at radius 2 is 2.30 bits per heavy atom. The van der Waals surface area contributed by atoms with Gasteiger partial charge in [-0.15, -0.1) is 0 Å². The fraction of sp³-hybridized carbons (Fsp3) is 0.857. The van der Waals surface area contributed by atoms with Crippen LogP contribution in [0, 0.1) is 0 Å². The fourth-order valence-electron chi connectivity index (χ4n) is 0.990. The molecule has 0 amide bonds. The first-order valence-electron chi connectivity index (χ1n) is 3.63. The molecule has 58 valence electrons. The van der Waals surface area contributed by atoms with E-state index < -0.39 is 12.3 Å². The van der Waals surface area contributed by atoms with Crippen LogP contribution in [0.1, 0.15) is 19.3 Å². The van der Waals surface area contributed by atoms with E-state index in [1.807, 2.05) is 0 Å². The number of aliphatic imine (C=N–C) groups is 1. The molecule has 2 unspecified atom stereocenters. The third kappa shape index (κ3) is 2.06. The zero-order chi connectivity index (χ0) is 7.40. The monoisotopic (exact) mass is 145 g/mol. The quantitative estimate of drug-likeness (QED) is 0.540. The van der Waals surface area contributed by atoms with Gasteiger partial charge >= 0.3 is 0 Å². The van der Waals surface area contributed by atoms with E-state index in [1.54, 1.807) is 0 Å². The molecule has 2 nitrogen and oxygen atoms in total. The Labute approximate surface area is 59.8 Å². The Bertz CT molecular complexity index is 127. The van der Waals surface area contributed by atoms with Crippen LogP contribution in [0.4, 0.5) is 4.39 Å². The molecule has 1 aliphatic rings. The summed E-state index contributed by atoms with van der Waals surface area (Å²) in [5, 5.41) is 9.02. The highest BCUT2D eigenvalue weighted by atomic mass is 19.1. The first-order valence-corrected chi connectivity index (χ1v) is 3.63. The van der Waals surface area contributed by atoms with Crippen molar-refractivity contribution in [3.05, 3.63) is 0 Å². The van der Waals surface area contributed by atoms with E-state index in [1.165, 1.54) is 6.21 Å². The maximum atomic E-state index is 12.6. The molecule has 0 radical (unpaired) electrons. The van der Waals surface area contributed by atoms with E-state index in [-0.39, 0.29) is 0 Å². The Hall–Kier alpha value is -0.440. The molecule has 1 heterocycles. The summed E-state index contributed by atoms with van der Waals surface area (Å²) in [6.45, 7) is 0.702. The number of nitrogens with zero attached hydrogens (tertiary/aromatic N) is 1. The summed E-state index contributed by atoms with van der Waals surface area (Å²) in [6.07, 6.45) is 1.53. The first-order chi connectivity index (χ1) is 4.80. The molecule has 0 saturated carbocycles. The molecule has 0 aromatic carbocycles.